The third kappa shape index (κ3) is 9.52. The molecule has 3 nitrogen and oxygen atoms in total. The summed E-state index contributed by atoms with van der Waals surface area (Å²) in [5.74, 6) is 1.34. The van der Waals surface area contributed by atoms with E-state index in [4.69, 9.17) is 14.7 Å². The number of aromatic nitrogens is 2. The van der Waals surface area contributed by atoms with Crippen molar-refractivity contribution in [2.75, 3.05) is 0 Å². The standard InChI is InChI=1S/C54H58N2OSe2Si2.Pt/c1-33-25-36(17-20-47(33)61(12,13)14)46-30-37-21-23-55-48(51(37)58-46)38-26-40(53(3,4)5)31-42(28-38)57-43-29-39(27-41(32-43)54(6,7)8)49-52-45(22-24-56-49)34(2)50(59-52)35-15-18-44(19-16-35)60(9,10)11;/h15-27,30-32H,1-14H3;/q-2;+2. The van der Waals surface area contributed by atoms with E-state index >= 15 is 0 Å². The van der Waals surface area contributed by atoms with Gasteiger partial charge in [-0.2, -0.15) is 0 Å². The van der Waals surface area contributed by atoms with E-state index in [1.54, 1.807) is 0 Å². The fourth-order valence-corrected chi connectivity index (χ4v) is 16.3. The molecule has 0 aliphatic rings. The average Bonchev–Trinajstić information content (AvgIpc) is 3.77. The molecule has 0 atom stereocenters. The van der Waals surface area contributed by atoms with Crippen molar-refractivity contribution in [3.05, 3.63) is 132 Å². The Labute approximate surface area is 398 Å². The number of ether oxygens (including phenoxy) is 1. The Balaban J connectivity index is 0.00000578. The van der Waals surface area contributed by atoms with Gasteiger partial charge in [-0.1, -0.05) is 0 Å². The normalized spacial score (nSPS) is 12.5. The first-order valence-electron chi connectivity index (χ1n) is 21.4. The van der Waals surface area contributed by atoms with Crippen LogP contribution in [0.25, 0.3) is 61.8 Å². The molecule has 0 radical (unpaired) electrons. The third-order valence-electron chi connectivity index (χ3n) is 11.8. The summed E-state index contributed by atoms with van der Waals surface area (Å²) in [5.41, 5.74) is 11.4. The molecule has 0 spiro atoms. The second-order valence-corrected chi connectivity index (χ2v) is 35.2. The SMILES string of the molecule is Cc1cc(-c2cc3ccnc(-c4[c-]c(Oc5[c-]c(-c6nccc7c(C)c(-c8ccc([Si](C)(C)C)cc8)[se]c67)cc(C(C)(C)C)c5)cc(C(C)(C)C)c4)c3[se]2)ccc1[Si](C)(C)C.[Pt+2]. The van der Waals surface area contributed by atoms with Crippen LogP contribution >= 0.6 is 0 Å². The minimum Gasteiger partial charge on any atom is 2.00 e. The number of fused-ring (bicyclic) bond motifs is 2. The largest absolute Gasteiger partial charge is 2.00 e. The smallest absolute Gasteiger partial charge is 2.00 e. The molecule has 0 saturated heterocycles. The van der Waals surface area contributed by atoms with Gasteiger partial charge < -0.3 is 0 Å². The van der Waals surface area contributed by atoms with Gasteiger partial charge in [0.15, 0.2) is 0 Å². The number of hydrogen-bond acceptors (Lipinski definition) is 3. The van der Waals surface area contributed by atoms with Gasteiger partial charge in [-0.3, -0.25) is 0 Å². The maximum Gasteiger partial charge on any atom is 2.00 e. The van der Waals surface area contributed by atoms with Crippen molar-refractivity contribution in [3.63, 3.8) is 0 Å². The molecule has 8 aromatic rings. The van der Waals surface area contributed by atoms with E-state index in [9.17, 15) is 0 Å². The summed E-state index contributed by atoms with van der Waals surface area (Å²) in [6.07, 6.45) is 3.91. The summed E-state index contributed by atoms with van der Waals surface area (Å²) in [4.78, 5) is 10.1. The predicted molar refractivity (Wildman–Crippen MR) is 270 cm³/mol. The number of benzene rings is 4. The maximum absolute atomic E-state index is 6.93. The van der Waals surface area contributed by atoms with Crippen molar-refractivity contribution in [2.45, 2.75) is 106 Å². The molecule has 0 fully saturated rings. The van der Waals surface area contributed by atoms with E-state index in [0.29, 0.717) is 11.5 Å². The zero-order chi connectivity index (χ0) is 43.8. The Morgan fingerprint density at radius 1 is 0.581 bits per heavy atom. The van der Waals surface area contributed by atoms with E-state index in [1.807, 2.05) is 12.4 Å². The Hall–Kier alpha value is -3.38. The first-order valence-corrected chi connectivity index (χ1v) is 31.8. The Morgan fingerprint density at radius 2 is 1.13 bits per heavy atom. The maximum atomic E-state index is 6.93. The molecule has 4 heterocycles. The van der Waals surface area contributed by atoms with E-state index in [0.717, 1.165) is 22.5 Å². The fourth-order valence-electron chi connectivity index (χ4n) is 8.13. The first-order chi connectivity index (χ1) is 28.5. The van der Waals surface area contributed by atoms with E-state index in [2.05, 4.69) is 192 Å². The Bertz CT molecular complexity index is 2950. The van der Waals surface area contributed by atoms with Gasteiger partial charge in [0.05, 0.1) is 0 Å². The number of rotatable bonds is 8. The molecule has 320 valence electrons. The van der Waals surface area contributed by atoms with E-state index in [1.165, 1.54) is 71.9 Å². The molecule has 8 rings (SSSR count). The molecule has 0 saturated carbocycles. The van der Waals surface area contributed by atoms with Crippen molar-refractivity contribution in [2.24, 2.45) is 0 Å². The van der Waals surface area contributed by atoms with Gasteiger partial charge in [0.25, 0.3) is 0 Å². The van der Waals surface area contributed by atoms with E-state index < -0.39 is 16.1 Å². The van der Waals surface area contributed by atoms with Gasteiger partial charge in [0.2, 0.25) is 0 Å². The summed E-state index contributed by atoms with van der Waals surface area (Å²) >= 11 is 0.187. The van der Waals surface area contributed by atoms with Crippen LogP contribution in [0.15, 0.2) is 97.3 Å². The minimum absolute atomic E-state index is 0. The van der Waals surface area contributed by atoms with Crippen molar-refractivity contribution in [1.29, 1.82) is 0 Å². The zero-order valence-corrected chi connectivity index (χ0v) is 46.4. The van der Waals surface area contributed by atoms with Gasteiger partial charge in [-0.25, -0.2) is 0 Å². The van der Waals surface area contributed by atoms with Gasteiger partial charge in [0, 0.05) is 0 Å². The van der Waals surface area contributed by atoms with Crippen LogP contribution in [0, 0.1) is 26.0 Å². The molecule has 0 amide bonds. The second-order valence-electron chi connectivity index (χ2n) is 20.8. The van der Waals surface area contributed by atoms with Crippen molar-refractivity contribution >= 4 is 74.8 Å². The fraction of sp³-hybridized carbons (Fsp3) is 0.296. The second kappa shape index (κ2) is 17.2. The van der Waals surface area contributed by atoms with Crippen molar-refractivity contribution in [1.82, 2.24) is 9.97 Å². The molecular formula is C54H58N2OPtSe2Si2. The van der Waals surface area contributed by atoms with Crippen molar-refractivity contribution in [3.8, 4) is 54.0 Å². The molecule has 62 heavy (non-hydrogen) atoms. The van der Waals surface area contributed by atoms with Crippen LogP contribution in [-0.2, 0) is 31.9 Å². The topological polar surface area (TPSA) is 35.0 Å². The summed E-state index contributed by atoms with van der Waals surface area (Å²) in [7, 11) is -2.80. The van der Waals surface area contributed by atoms with Crippen LogP contribution in [0.3, 0.4) is 0 Å². The average molecular weight is 1160 g/mol. The molecule has 4 aromatic carbocycles. The summed E-state index contributed by atoms with van der Waals surface area (Å²) in [5, 5.41) is 5.57. The predicted octanol–water partition coefficient (Wildman–Crippen LogP) is 13.3. The van der Waals surface area contributed by atoms with Crippen LogP contribution in [-0.4, -0.2) is 55.1 Å². The number of nitrogens with zero attached hydrogens (tertiary/aromatic N) is 2. The minimum atomic E-state index is -1.42. The first kappa shape index (κ1) is 46.6. The van der Waals surface area contributed by atoms with Gasteiger partial charge >= 0.3 is 402 Å². The van der Waals surface area contributed by atoms with Gasteiger partial charge in [-0.05, 0) is 0 Å². The van der Waals surface area contributed by atoms with Crippen LogP contribution in [0.4, 0.5) is 0 Å². The number of aryl methyl sites for hydroxylation is 2. The van der Waals surface area contributed by atoms with Gasteiger partial charge in [-0.15, -0.1) is 0 Å². The van der Waals surface area contributed by atoms with Gasteiger partial charge in [0.1, 0.15) is 0 Å². The number of pyridine rings is 2. The number of hydrogen-bond donors (Lipinski definition) is 0. The molecule has 0 bridgehead atoms. The van der Waals surface area contributed by atoms with Crippen LogP contribution in [0.5, 0.6) is 11.5 Å². The molecule has 0 aliphatic carbocycles. The van der Waals surface area contributed by atoms with E-state index in [-0.39, 0.29) is 60.9 Å². The monoisotopic (exact) mass is 1160 g/mol. The molecular weight excluding hydrogens is 1100 g/mol. The zero-order valence-electron chi connectivity index (χ0n) is 38.7. The Morgan fingerprint density at radius 3 is 1.66 bits per heavy atom. The molecule has 0 unspecified atom stereocenters. The van der Waals surface area contributed by atoms with Crippen LogP contribution in [0.1, 0.15) is 63.8 Å². The molecule has 0 N–H and O–H groups in total. The van der Waals surface area contributed by atoms with Crippen molar-refractivity contribution < 1.29 is 25.8 Å². The quantitative estimate of drug-likeness (QED) is 0.112. The molecule has 0 aliphatic heterocycles. The summed E-state index contributed by atoms with van der Waals surface area (Å²) in [6.45, 7) is 32.6. The van der Waals surface area contributed by atoms with Crippen LogP contribution in [0.2, 0.25) is 39.3 Å². The summed E-state index contributed by atoms with van der Waals surface area (Å²) in [6, 6.07) is 39.5. The summed E-state index contributed by atoms with van der Waals surface area (Å²) < 4.78 is 12.4. The third-order valence-corrected chi connectivity index (χ3v) is 21.4. The van der Waals surface area contributed by atoms with Crippen LogP contribution < -0.4 is 15.1 Å². The molecule has 8 heteroatoms. The molecule has 4 aromatic heterocycles. The Kier molecular flexibility index (Phi) is 12.9.